The van der Waals surface area contributed by atoms with Gasteiger partial charge in [-0.05, 0) is 60.2 Å². The lowest BCUT2D eigenvalue weighted by atomic mass is 9.83. The molecule has 2 fully saturated rings. The minimum absolute atomic E-state index is 0.0721. The summed E-state index contributed by atoms with van der Waals surface area (Å²) >= 11 is 0. The number of carbonyl (C=O) groups excluding carboxylic acids is 2. The molecular formula is C33H30F4N2O6. The molecule has 0 radical (unpaired) electrons. The quantitative estimate of drug-likeness (QED) is 0.241. The predicted octanol–water partition coefficient (Wildman–Crippen LogP) is 5.93. The Balaban J connectivity index is 1.45. The molecule has 4 atom stereocenters. The molecule has 2 unspecified atom stereocenters. The SMILES string of the molecule is COc1ccc(COCC(=O)O)cc1C(=O)N[C@@H]1C2CCC(/C2=C/c2ccccc2)[C@@H]1C(=O)Nc1ccc(F)c(C(F)(F)F)c1. The topological polar surface area (TPSA) is 114 Å². The minimum Gasteiger partial charge on any atom is -0.496 e. The molecule has 5 rings (SSSR count). The Labute approximate surface area is 256 Å². The van der Waals surface area contributed by atoms with E-state index in [4.69, 9.17) is 14.6 Å². The lowest BCUT2D eigenvalue weighted by Gasteiger charge is -2.30. The van der Waals surface area contributed by atoms with E-state index in [0.29, 0.717) is 30.5 Å². The molecule has 12 heteroatoms. The second-order valence-corrected chi connectivity index (χ2v) is 11.0. The lowest BCUT2D eigenvalue weighted by molar-refractivity contribution is -0.142. The van der Waals surface area contributed by atoms with Gasteiger partial charge in [-0.25, -0.2) is 9.18 Å². The highest BCUT2D eigenvalue weighted by molar-refractivity contribution is 5.99. The van der Waals surface area contributed by atoms with Crippen LogP contribution in [-0.4, -0.2) is 42.6 Å². The van der Waals surface area contributed by atoms with Crippen molar-refractivity contribution in [3.8, 4) is 5.75 Å². The number of carbonyl (C=O) groups is 3. The number of halogens is 4. The molecule has 3 aromatic rings. The zero-order chi connectivity index (χ0) is 32.3. The van der Waals surface area contributed by atoms with Crippen LogP contribution in [0.5, 0.6) is 5.75 Å². The van der Waals surface area contributed by atoms with Crippen molar-refractivity contribution in [1.29, 1.82) is 0 Å². The highest BCUT2D eigenvalue weighted by Gasteiger charge is 2.54. The maximum atomic E-state index is 13.9. The molecule has 45 heavy (non-hydrogen) atoms. The van der Waals surface area contributed by atoms with Crippen molar-refractivity contribution in [2.75, 3.05) is 19.0 Å². The predicted molar refractivity (Wildman–Crippen MR) is 156 cm³/mol. The summed E-state index contributed by atoms with van der Waals surface area (Å²) in [7, 11) is 1.39. The first-order valence-electron chi connectivity index (χ1n) is 14.2. The van der Waals surface area contributed by atoms with Crippen LogP contribution in [-0.2, 0) is 27.1 Å². The van der Waals surface area contributed by atoms with Gasteiger partial charge in [-0.2, -0.15) is 13.2 Å². The smallest absolute Gasteiger partial charge is 0.419 e. The summed E-state index contributed by atoms with van der Waals surface area (Å²) in [4.78, 5) is 38.3. The van der Waals surface area contributed by atoms with Crippen LogP contribution in [0.1, 0.15) is 39.9 Å². The van der Waals surface area contributed by atoms with Crippen molar-refractivity contribution in [2.24, 2.45) is 17.8 Å². The summed E-state index contributed by atoms with van der Waals surface area (Å²) < 4.78 is 64.5. The molecule has 2 saturated carbocycles. The number of carboxylic acids is 1. The van der Waals surface area contributed by atoms with Gasteiger partial charge in [0, 0.05) is 17.6 Å². The maximum Gasteiger partial charge on any atom is 0.419 e. The minimum atomic E-state index is -4.95. The fraction of sp³-hybridized carbons (Fsp3) is 0.303. The monoisotopic (exact) mass is 626 g/mol. The van der Waals surface area contributed by atoms with Gasteiger partial charge in [-0.15, -0.1) is 0 Å². The average Bonchev–Trinajstić information content (AvgIpc) is 3.52. The second kappa shape index (κ2) is 13.1. The number of rotatable bonds is 10. The normalized spacial score (nSPS) is 21.5. The van der Waals surface area contributed by atoms with Crippen molar-refractivity contribution in [3.05, 3.63) is 100 Å². The van der Waals surface area contributed by atoms with Crippen LogP contribution in [0.3, 0.4) is 0 Å². The van der Waals surface area contributed by atoms with Crippen molar-refractivity contribution < 1.29 is 46.5 Å². The second-order valence-electron chi connectivity index (χ2n) is 11.0. The molecular weight excluding hydrogens is 596 g/mol. The summed E-state index contributed by atoms with van der Waals surface area (Å²) in [5.74, 6) is -4.89. The number of aliphatic carboxylic acids is 1. The van der Waals surface area contributed by atoms with Crippen LogP contribution in [0.4, 0.5) is 23.2 Å². The largest absolute Gasteiger partial charge is 0.496 e. The Morgan fingerprint density at radius 1 is 1.00 bits per heavy atom. The summed E-state index contributed by atoms with van der Waals surface area (Å²) in [6.07, 6.45) is -1.67. The highest BCUT2D eigenvalue weighted by atomic mass is 19.4. The number of hydrogen-bond acceptors (Lipinski definition) is 5. The van der Waals surface area contributed by atoms with Gasteiger partial charge in [0.25, 0.3) is 5.91 Å². The van der Waals surface area contributed by atoms with Crippen LogP contribution in [0, 0.1) is 23.6 Å². The number of hydrogen-bond donors (Lipinski definition) is 3. The van der Waals surface area contributed by atoms with E-state index in [-0.39, 0.29) is 35.4 Å². The van der Waals surface area contributed by atoms with Gasteiger partial charge >= 0.3 is 12.1 Å². The third kappa shape index (κ3) is 7.01. The summed E-state index contributed by atoms with van der Waals surface area (Å²) in [6, 6.07) is 15.7. The molecule has 2 bridgehead atoms. The van der Waals surface area contributed by atoms with E-state index >= 15 is 0 Å². The number of carboxylic acid groups (broad SMARTS) is 1. The average molecular weight is 627 g/mol. The van der Waals surface area contributed by atoms with Crippen molar-refractivity contribution in [3.63, 3.8) is 0 Å². The van der Waals surface area contributed by atoms with E-state index in [2.05, 4.69) is 10.6 Å². The number of fused-ring (bicyclic) bond motifs is 2. The van der Waals surface area contributed by atoms with Crippen LogP contribution < -0.4 is 15.4 Å². The number of benzene rings is 3. The summed E-state index contributed by atoms with van der Waals surface area (Å²) in [5.41, 5.74) is 0.792. The summed E-state index contributed by atoms with van der Waals surface area (Å²) in [5, 5.41) is 14.4. The zero-order valence-corrected chi connectivity index (χ0v) is 24.1. The lowest BCUT2D eigenvalue weighted by Crippen LogP contribution is -2.48. The van der Waals surface area contributed by atoms with Gasteiger partial charge in [-0.1, -0.05) is 48.0 Å². The van der Waals surface area contributed by atoms with Gasteiger partial charge in [0.05, 0.1) is 30.8 Å². The van der Waals surface area contributed by atoms with Gasteiger partial charge in [0.2, 0.25) is 5.91 Å². The Hall–Kier alpha value is -4.71. The van der Waals surface area contributed by atoms with Crippen molar-refractivity contribution >= 4 is 29.5 Å². The molecule has 3 N–H and O–H groups in total. The first-order valence-corrected chi connectivity index (χ1v) is 14.2. The van der Waals surface area contributed by atoms with Gasteiger partial charge in [0.1, 0.15) is 18.2 Å². The molecule has 8 nitrogen and oxygen atoms in total. The molecule has 0 heterocycles. The Kier molecular flexibility index (Phi) is 9.24. The third-order valence-corrected chi connectivity index (χ3v) is 8.17. The van der Waals surface area contributed by atoms with Gasteiger partial charge in [0.15, 0.2) is 0 Å². The number of amides is 2. The van der Waals surface area contributed by atoms with E-state index in [1.54, 1.807) is 12.1 Å². The van der Waals surface area contributed by atoms with E-state index in [9.17, 15) is 31.9 Å². The van der Waals surface area contributed by atoms with Crippen molar-refractivity contribution in [1.82, 2.24) is 5.32 Å². The number of nitrogens with one attached hydrogen (secondary N) is 2. The Morgan fingerprint density at radius 2 is 1.73 bits per heavy atom. The summed E-state index contributed by atoms with van der Waals surface area (Å²) in [6.45, 7) is -0.595. The van der Waals surface area contributed by atoms with Crippen LogP contribution in [0.2, 0.25) is 0 Å². The third-order valence-electron chi connectivity index (χ3n) is 8.17. The molecule has 0 aromatic heterocycles. The van der Waals surface area contributed by atoms with Crippen LogP contribution >= 0.6 is 0 Å². The molecule has 236 valence electrons. The Bertz CT molecular complexity index is 1630. The molecule has 3 aromatic carbocycles. The first-order chi connectivity index (χ1) is 21.5. The molecule has 2 amide bonds. The maximum absolute atomic E-state index is 13.9. The van der Waals surface area contributed by atoms with E-state index < -0.39 is 53.9 Å². The van der Waals surface area contributed by atoms with Gasteiger partial charge in [-0.3, -0.25) is 9.59 Å². The number of alkyl halides is 3. The van der Waals surface area contributed by atoms with E-state index in [1.165, 1.54) is 13.2 Å². The number of anilines is 1. The Morgan fingerprint density at radius 3 is 2.42 bits per heavy atom. The number of methoxy groups -OCH3 is 1. The number of ether oxygens (including phenoxy) is 2. The molecule has 2 aliphatic rings. The molecule has 0 spiro atoms. The van der Waals surface area contributed by atoms with Gasteiger partial charge < -0.3 is 25.2 Å². The highest BCUT2D eigenvalue weighted by Crippen LogP contribution is 2.53. The first kappa shape index (κ1) is 31.7. The van der Waals surface area contributed by atoms with Crippen molar-refractivity contribution in [2.45, 2.75) is 31.7 Å². The molecule has 0 saturated heterocycles. The fourth-order valence-electron chi connectivity index (χ4n) is 6.29. The molecule has 2 aliphatic carbocycles. The van der Waals surface area contributed by atoms with E-state index in [0.717, 1.165) is 17.2 Å². The van der Waals surface area contributed by atoms with E-state index in [1.807, 2.05) is 36.4 Å². The van der Waals surface area contributed by atoms with Crippen LogP contribution in [0.15, 0.2) is 72.3 Å². The van der Waals surface area contributed by atoms with Crippen LogP contribution in [0.25, 0.3) is 6.08 Å². The zero-order valence-electron chi connectivity index (χ0n) is 24.1. The molecule has 0 aliphatic heterocycles. The fourth-order valence-corrected chi connectivity index (χ4v) is 6.29. The standard InChI is InChI=1S/C33H30F4N2O6/c1-44-27-12-7-19(16-45-17-28(40)41)14-24(27)31(42)39-30-22-10-9-21(23(22)13-18-5-3-2-4-6-18)29(30)32(43)38-20-8-11-26(34)25(15-20)33(35,36)37/h2-8,11-15,21-22,29-30H,9-10,16-17H2,1H3,(H,38,43)(H,39,42)(H,40,41)/b23-13-/t21?,22?,29-,30+/m0/s1.